The third-order valence-corrected chi connectivity index (χ3v) is 3.08. The standard InChI is InChI=1S/C14H16FNO/c1-7(2)12-9(4)16-13-8(3)5-10(15)6-11(13)14(12)17/h5-7H,1-4H3,(H,16,17). The SMILES string of the molecule is Cc1[nH]c2c(C)cc(F)cc2c(=O)c1C(C)C. The number of H-pyrrole nitrogens is 1. The summed E-state index contributed by atoms with van der Waals surface area (Å²) in [5.41, 5.74) is 3.04. The van der Waals surface area contributed by atoms with Crippen LogP contribution in [0.3, 0.4) is 0 Å². The summed E-state index contributed by atoms with van der Waals surface area (Å²) in [6.07, 6.45) is 0. The van der Waals surface area contributed by atoms with Crippen molar-refractivity contribution in [3.05, 3.63) is 45.0 Å². The number of hydrogen-bond donors (Lipinski definition) is 1. The molecular formula is C14H16FNO. The van der Waals surface area contributed by atoms with Crippen LogP contribution in [-0.4, -0.2) is 4.98 Å². The van der Waals surface area contributed by atoms with Gasteiger partial charge in [0.1, 0.15) is 5.82 Å². The minimum absolute atomic E-state index is 0.0612. The highest BCUT2D eigenvalue weighted by atomic mass is 19.1. The molecule has 0 bridgehead atoms. The van der Waals surface area contributed by atoms with Crippen molar-refractivity contribution in [2.75, 3.05) is 0 Å². The van der Waals surface area contributed by atoms with Gasteiger partial charge in [0.25, 0.3) is 0 Å². The molecule has 0 amide bonds. The average molecular weight is 233 g/mol. The van der Waals surface area contributed by atoms with Crippen LogP contribution in [0.15, 0.2) is 16.9 Å². The molecule has 0 saturated carbocycles. The molecule has 0 spiro atoms. The zero-order chi connectivity index (χ0) is 12.7. The molecule has 0 atom stereocenters. The largest absolute Gasteiger partial charge is 0.358 e. The molecular weight excluding hydrogens is 217 g/mol. The molecule has 1 heterocycles. The maximum Gasteiger partial charge on any atom is 0.193 e. The summed E-state index contributed by atoms with van der Waals surface area (Å²) in [6.45, 7) is 7.62. The van der Waals surface area contributed by atoms with Crippen LogP contribution in [0.1, 0.15) is 36.6 Å². The van der Waals surface area contributed by atoms with Crippen molar-refractivity contribution in [3.63, 3.8) is 0 Å². The van der Waals surface area contributed by atoms with Crippen molar-refractivity contribution >= 4 is 10.9 Å². The molecule has 90 valence electrons. The van der Waals surface area contributed by atoms with Crippen LogP contribution in [0.4, 0.5) is 4.39 Å². The first-order valence-electron chi connectivity index (χ1n) is 5.74. The summed E-state index contributed by atoms with van der Waals surface area (Å²) in [7, 11) is 0. The lowest BCUT2D eigenvalue weighted by molar-refractivity contribution is 0.628. The zero-order valence-corrected chi connectivity index (χ0v) is 10.5. The Hall–Kier alpha value is -1.64. The Balaban J connectivity index is 2.97. The molecule has 0 fully saturated rings. The number of pyridine rings is 1. The van der Waals surface area contributed by atoms with Crippen LogP contribution in [0, 0.1) is 19.7 Å². The predicted octanol–water partition coefficient (Wildman–Crippen LogP) is 3.41. The third-order valence-electron chi connectivity index (χ3n) is 3.08. The van der Waals surface area contributed by atoms with E-state index in [4.69, 9.17) is 0 Å². The highest BCUT2D eigenvalue weighted by Gasteiger charge is 2.14. The van der Waals surface area contributed by atoms with E-state index >= 15 is 0 Å². The number of rotatable bonds is 1. The van der Waals surface area contributed by atoms with Crippen molar-refractivity contribution in [2.45, 2.75) is 33.6 Å². The van der Waals surface area contributed by atoms with Gasteiger partial charge >= 0.3 is 0 Å². The van der Waals surface area contributed by atoms with Gasteiger partial charge in [-0.25, -0.2) is 4.39 Å². The van der Waals surface area contributed by atoms with Gasteiger partial charge in [-0.05, 0) is 37.5 Å². The molecule has 0 aliphatic carbocycles. The van der Waals surface area contributed by atoms with E-state index < -0.39 is 0 Å². The molecule has 17 heavy (non-hydrogen) atoms. The number of nitrogens with one attached hydrogen (secondary N) is 1. The molecule has 0 radical (unpaired) electrons. The second kappa shape index (κ2) is 3.99. The fourth-order valence-electron chi connectivity index (χ4n) is 2.35. The molecule has 1 aromatic heterocycles. The fourth-order valence-corrected chi connectivity index (χ4v) is 2.35. The highest BCUT2D eigenvalue weighted by Crippen LogP contribution is 2.20. The minimum atomic E-state index is -0.362. The van der Waals surface area contributed by atoms with Crippen molar-refractivity contribution in [2.24, 2.45) is 0 Å². The minimum Gasteiger partial charge on any atom is -0.358 e. The molecule has 2 aromatic rings. The fraction of sp³-hybridized carbons (Fsp3) is 0.357. The lowest BCUT2D eigenvalue weighted by Crippen LogP contribution is -2.15. The summed E-state index contributed by atoms with van der Waals surface area (Å²) >= 11 is 0. The summed E-state index contributed by atoms with van der Waals surface area (Å²) < 4.78 is 13.4. The van der Waals surface area contributed by atoms with Crippen LogP contribution in [0.2, 0.25) is 0 Å². The smallest absolute Gasteiger partial charge is 0.193 e. The van der Waals surface area contributed by atoms with E-state index in [-0.39, 0.29) is 17.2 Å². The van der Waals surface area contributed by atoms with Crippen LogP contribution in [-0.2, 0) is 0 Å². The summed E-state index contributed by atoms with van der Waals surface area (Å²) in [5, 5.41) is 0.441. The first-order valence-corrected chi connectivity index (χ1v) is 5.74. The van der Waals surface area contributed by atoms with Gasteiger partial charge in [0.05, 0.1) is 5.52 Å². The van der Waals surface area contributed by atoms with Gasteiger partial charge in [0.2, 0.25) is 0 Å². The Bertz CT molecular complexity index is 641. The van der Waals surface area contributed by atoms with Gasteiger partial charge in [0, 0.05) is 16.6 Å². The van der Waals surface area contributed by atoms with E-state index in [2.05, 4.69) is 4.98 Å². The Labute approximate surface area is 99.5 Å². The zero-order valence-electron chi connectivity index (χ0n) is 10.5. The van der Waals surface area contributed by atoms with E-state index in [1.54, 1.807) is 6.92 Å². The predicted molar refractivity (Wildman–Crippen MR) is 68.1 cm³/mol. The number of aromatic amines is 1. The molecule has 0 saturated heterocycles. The molecule has 1 N–H and O–H groups in total. The Morgan fingerprint density at radius 2 is 1.88 bits per heavy atom. The maximum absolute atomic E-state index is 13.4. The van der Waals surface area contributed by atoms with Crippen LogP contribution in [0.25, 0.3) is 10.9 Å². The van der Waals surface area contributed by atoms with Crippen molar-refractivity contribution < 1.29 is 4.39 Å². The Kier molecular flexibility index (Phi) is 2.77. The van der Waals surface area contributed by atoms with Gasteiger partial charge in [-0.15, -0.1) is 0 Å². The second-order valence-electron chi connectivity index (χ2n) is 4.79. The lowest BCUT2D eigenvalue weighted by Gasteiger charge is -2.12. The lowest BCUT2D eigenvalue weighted by atomic mass is 9.98. The van der Waals surface area contributed by atoms with Crippen molar-refractivity contribution in [1.82, 2.24) is 4.98 Å². The molecule has 3 heteroatoms. The number of aryl methyl sites for hydroxylation is 2. The average Bonchev–Trinajstić information content (AvgIpc) is 2.19. The number of fused-ring (bicyclic) bond motifs is 1. The Morgan fingerprint density at radius 3 is 2.47 bits per heavy atom. The van der Waals surface area contributed by atoms with E-state index in [1.165, 1.54) is 12.1 Å². The molecule has 0 unspecified atom stereocenters. The summed E-state index contributed by atoms with van der Waals surface area (Å²) in [4.78, 5) is 15.5. The molecule has 0 aliphatic rings. The van der Waals surface area contributed by atoms with Crippen molar-refractivity contribution in [1.29, 1.82) is 0 Å². The molecule has 1 aromatic carbocycles. The summed E-state index contributed by atoms with van der Waals surface area (Å²) in [6, 6.07) is 2.75. The van der Waals surface area contributed by atoms with Crippen LogP contribution >= 0.6 is 0 Å². The molecule has 2 rings (SSSR count). The Morgan fingerprint density at radius 1 is 1.24 bits per heavy atom. The molecule has 2 nitrogen and oxygen atoms in total. The first-order chi connectivity index (χ1) is 7.91. The van der Waals surface area contributed by atoms with Crippen LogP contribution < -0.4 is 5.43 Å². The van der Waals surface area contributed by atoms with Crippen molar-refractivity contribution in [3.8, 4) is 0 Å². The third kappa shape index (κ3) is 1.86. The van der Waals surface area contributed by atoms with E-state index in [1.807, 2.05) is 20.8 Å². The topological polar surface area (TPSA) is 32.9 Å². The number of aromatic nitrogens is 1. The second-order valence-corrected chi connectivity index (χ2v) is 4.79. The quantitative estimate of drug-likeness (QED) is 0.804. The van der Waals surface area contributed by atoms with E-state index in [0.717, 1.165) is 22.3 Å². The summed E-state index contributed by atoms with van der Waals surface area (Å²) in [5.74, 6) is -0.231. The number of hydrogen-bond acceptors (Lipinski definition) is 1. The maximum atomic E-state index is 13.4. The van der Waals surface area contributed by atoms with Gasteiger partial charge in [-0.3, -0.25) is 4.79 Å². The monoisotopic (exact) mass is 233 g/mol. The molecule has 0 aliphatic heterocycles. The van der Waals surface area contributed by atoms with Gasteiger partial charge in [-0.1, -0.05) is 13.8 Å². The highest BCUT2D eigenvalue weighted by molar-refractivity contribution is 5.82. The number of benzene rings is 1. The van der Waals surface area contributed by atoms with Gasteiger partial charge in [-0.2, -0.15) is 0 Å². The van der Waals surface area contributed by atoms with Gasteiger partial charge < -0.3 is 4.98 Å². The first kappa shape index (κ1) is 11.8. The van der Waals surface area contributed by atoms with E-state index in [9.17, 15) is 9.18 Å². The number of halogens is 1. The van der Waals surface area contributed by atoms with E-state index in [0.29, 0.717) is 5.39 Å². The normalized spacial score (nSPS) is 11.4. The van der Waals surface area contributed by atoms with Gasteiger partial charge in [0.15, 0.2) is 5.43 Å². The van der Waals surface area contributed by atoms with Crippen LogP contribution in [0.5, 0.6) is 0 Å².